The van der Waals surface area contributed by atoms with E-state index in [-0.39, 0.29) is 0 Å². The summed E-state index contributed by atoms with van der Waals surface area (Å²) >= 11 is 0. The molecule has 1 heterocycles. The Labute approximate surface area is 101 Å². The fourth-order valence-electron chi connectivity index (χ4n) is 1.80. The summed E-state index contributed by atoms with van der Waals surface area (Å²) in [5, 5.41) is 7.97. The molecular formula is C12H17N5. The molecule has 5 heteroatoms. The van der Waals surface area contributed by atoms with Gasteiger partial charge in [-0.05, 0) is 24.7 Å². The van der Waals surface area contributed by atoms with E-state index in [2.05, 4.69) is 28.3 Å². The average Bonchev–Trinajstić information content (AvgIpc) is 2.63. The monoisotopic (exact) mass is 231 g/mol. The highest BCUT2D eigenvalue weighted by Gasteiger charge is 2.04. The lowest BCUT2D eigenvalue weighted by Crippen LogP contribution is -2.17. The molecule has 1 aromatic heterocycles. The molecule has 0 atom stereocenters. The molecule has 0 saturated heterocycles. The van der Waals surface area contributed by atoms with Gasteiger partial charge in [0.25, 0.3) is 0 Å². The number of nitrogens with two attached hydrogens (primary N) is 1. The van der Waals surface area contributed by atoms with Gasteiger partial charge in [-0.15, -0.1) is 5.10 Å². The largest absolute Gasteiger partial charge is 0.399 e. The highest BCUT2D eigenvalue weighted by Crippen LogP contribution is 2.10. The summed E-state index contributed by atoms with van der Waals surface area (Å²) in [7, 11) is 3.92. The van der Waals surface area contributed by atoms with Crippen molar-refractivity contribution in [2.75, 3.05) is 12.8 Å². The van der Waals surface area contributed by atoms with Crippen LogP contribution >= 0.6 is 0 Å². The summed E-state index contributed by atoms with van der Waals surface area (Å²) in [6.07, 6.45) is 1.93. The van der Waals surface area contributed by atoms with E-state index >= 15 is 0 Å². The van der Waals surface area contributed by atoms with Crippen LogP contribution in [0.2, 0.25) is 0 Å². The molecular weight excluding hydrogens is 214 g/mol. The van der Waals surface area contributed by atoms with Crippen molar-refractivity contribution in [3.63, 3.8) is 0 Å². The van der Waals surface area contributed by atoms with Crippen molar-refractivity contribution < 1.29 is 0 Å². The Bertz CT molecular complexity index is 491. The van der Waals surface area contributed by atoms with E-state index in [0.717, 1.165) is 24.5 Å². The van der Waals surface area contributed by atoms with E-state index in [1.54, 1.807) is 4.68 Å². The molecule has 0 unspecified atom stereocenters. The third kappa shape index (κ3) is 3.29. The second kappa shape index (κ2) is 4.97. The van der Waals surface area contributed by atoms with Crippen molar-refractivity contribution in [1.29, 1.82) is 0 Å². The predicted molar refractivity (Wildman–Crippen MR) is 67.0 cm³/mol. The van der Waals surface area contributed by atoms with Crippen LogP contribution in [0.4, 0.5) is 5.69 Å². The predicted octanol–water partition coefficient (Wildman–Crippen LogP) is 1.03. The molecule has 5 nitrogen and oxygen atoms in total. The molecule has 17 heavy (non-hydrogen) atoms. The van der Waals surface area contributed by atoms with Crippen LogP contribution in [0.15, 0.2) is 30.5 Å². The summed E-state index contributed by atoms with van der Waals surface area (Å²) < 4.78 is 1.71. The zero-order chi connectivity index (χ0) is 12.3. The molecule has 1 aromatic carbocycles. The smallest absolute Gasteiger partial charge is 0.0967 e. The maximum Gasteiger partial charge on any atom is 0.0967 e. The molecule has 0 spiro atoms. The van der Waals surface area contributed by atoms with Gasteiger partial charge in [-0.3, -0.25) is 9.58 Å². The SMILES string of the molecule is CN(Cc1cccc(N)c1)Cc1cn(C)nn1. The van der Waals surface area contributed by atoms with E-state index in [9.17, 15) is 0 Å². The molecule has 2 N–H and O–H groups in total. The lowest BCUT2D eigenvalue weighted by molar-refractivity contribution is 0.315. The van der Waals surface area contributed by atoms with Gasteiger partial charge in [-0.25, -0.2) is 0 Å². The zero-order valence-electron chi connectivity index (χ0n) is 10.2. The lowest BCUT2D eigenvalue weighted by atomic mass is 10.2. The summed E-state index contributed by atoms with van der Waals surface area (Å²) in [5.74, 6) is 0. The molecule has 0 amide bonds. The van der Waals surface area contributed by atoms with E-state index in [4.69, 9.17) is 5.73 Å². The Morgan fingerprint density at radius 3 is 2.82 bits per heavy atom. The second-order valence-corrected chi connectivity index (χ2v) is 4.30. The minimum absolute atomic E-state index is 0.780. The molecule has 0 fully saturated rings. The van der Waals surface area contributed by atoms with Crippen molar-refractivity contribution in [1.82, 2.24) is 19.9 Å². The number of nitrogens with zero attached hydrogens (tertiary/aromatic N) is 4. The van der Waals surface area contributed by atoms with Gasteiger partial charge in [-0.1, -0.05) is 17.3 Å². The van der Waals surface area contributed by atoms with Gasteiger partial charge in [0.2, 0.25) is 0 Å². The van der Waals surface area contributed by atoms with Gasteiger partial charge in [-0.2, -0.15) is 0 Å². The topological polar surface area (TPSA) is 60.0 Å². The van der Waals surface area contributed by atoms with Crippen molar-refractivity contribution in [2.45, 2.75) is 13.1 Å². The molecule has 0 aliphatic heterocycles. The summed E-state index contributed by atoms with van der Waals surface area (Å²) in [6.45, 7) is 1.63. The van der Waals surface area contributed by atoms with E-state index in [1.807, 2.05) is 31.4 Å². The average molecular weight is 231 g/mol. The fraction of sp³-hybridized carbons (Fsp3) is 0.333. The number of hydrogen-bond acceptors (Lipinski definition) is 4. The highest BCUT2D eigenvalue weighted by atomic mass is 15.4. The fourth-order valence-corrected chi connectivity index (χ4v) is 1.80. The van der Waals surface area contributed by atoms with Crippen LogP contribution < -0.4 is 5.73 Å². The molecule has 90 valence electrons. The maximum absolute atomic E-state index is 5.75. The van der Waals surface area contributed by atoms with Gasteiger partial charge in [0.05, 0.1) is 5.69 Å². The maximum atomic E-state index is 5.75. The number of aromatic nitrogens is 3. The molecule has 0 radical (unpaired) electrons. The summed E-state index contributed by atoms with van der Waals surface area (Å²) in [6, 6.07) is 7.93. The third-order valence-electron chi connectivity index (χ3n) is 2.49. The first-order valence-corrected chi connectivity index (χ1v) is 5.51. The van der Waals surface area contributed by atoms with Crippen molar-refractivity contribution in [3.8, 4) is 0 Å². The van der Waals surface area contributed by atoms with Crippen LogP contribution in [0.1, 0.15) is 11.3 Å². The van der Waals surface area contributed by atoms with Crippen LogP contribution in [0.5, 0.6) is 0 Å². The summed E-state index contributed by atoms with van der Waals surface area (Å²) in [4.78, 5) is 2.18. The lowest BCUT2D eigenvalue weighted by Gasteiger charge is -2.15. The number of rotatable bonds is 4. The van der Waals surface area contributed by atoms with Gasteiger partial charge in [0.15, 0.2) is 0 Å². The molecule has 2 aromatic rings. The van der Waals surface area contributed by atoms with Crippen molar-refractivity contribution in [2.24, 2.45) is 7.05 Å². The summed E-state index contributed by atoms with van der Waals surface area (Å²) in [5.41, 5.74) is 8.72. The Morgan fingerprint density at radius 1 is 1.35 bits per heavy atom. The van der Waals surface area contributed by atoms with Gasteiger partial charge < -0.3 is 5.73 Å². The van der Waals surface area contributed by atoms with Crippen LogP contribution in [-0.4, -0.2) is 26.9 Å². The normalized spacial score (nSPS) is 11.0. The van der Waals surface area contributed by atoms with Crippen LogP contribution in [0.25, 0.3) is 0 Å². The van der Waals surface area contributed by atoms with Crippen LogP contribution in [-0.2, 0) is 20.1 Å². The standard InChI is InChI=1S/C12H17N5/c1-16(8-12-9-17(2)15-14-12)7-10-4-3-5-11(13)6-10/h3-6,9H,7-8,13H2,1-2H3. The number of anilines is 1. The first-order valence-electron chi connectivity index (χ1n) is 5.51. The first-order chi connectivity index (χ1) is 8.13. The molecule has 0 saturated carbocycles. The van der Waals surface area contributed by atoms with Crippen molar-refractivity contribution in [3.05, 3.63) is 41.7 Å². The number of hydrogen-bond donors (Lipinski definition) is 1. The molecule has 2 rings (SSSR count). The highest BCUT2D eigenvalue weighted by molar-refractivity contribution is 5.40. The van der Waals surface area contributed by atoms with E-state index in [0.29, 0.717) is 0 Å². The number of aryl methyl sites for hydroxylation is 1. The van der Waals surface area contributed by atoms with Crippen LogP contribution in [0.3, 0.4) is 0 Å². The van der Waals surface area contributed by atoms with Crippen LogP contribution in [0, 0.1) is 0 Å². The minimum Gasteiger partial charge on any atom is -0.399 e. The Kier molecular flexibility index (Phi) is 3.39. The van der Waals surface area contributed by atoms with Gasteiger partial charge >= 0.3 is 0 Å². The van der Waals surface area contributed by atoms with Crippen molar-refractivity contribution >= 4 is 5.69 Å². The molecule has 0 aliphatic rings. The Hall–Kier alpha value is -1.88. The van der Waals surface area contributed by atoms with E-state index in [1.165, 1.54) is 5.56 Å². The molecule has 0 bridgehead atoms. The Balaban J connectivity index is 1.95. The van der Waals surface area contributed by atoms with Gasteiger partial charge in [0, 0.05) is 32.0 Å². The molecule has 0 aliphatic carbocycles. The first kappa shape index (κ1) is 11.6. The number of benzene rings is 1. The second-order valence-electron chi connectivity index (χ2n) is 4.30. The number of nitrogen functional groups attached to an aromatic ring is 1. The quantitative estimate of drug-likeness (QED) is 0.798. The van der Waals surface area contributed by atoms with E-state index < -0.39 is 0 Å². The Morgan fingerprint density at radius 2 is 2.18 bits per heavy atom. The van der Waals surface area contributed by atoms with Gasteiger partial charge in [0.1, 0.15) is 0 Å². The third-order valence-corrected chi connectivity index (χ3v) is 2.49. The minimum atomic E-state index is 0.780. The zero-order valence-corrected chi connectivity index (χ0v) is 10.2.